The van der Waals surface area contributed by atoms with Crippen LogP contribution in [0, 0.1) is 21.4 Å². The number of rotatable bonds is 6. The first-order valence-corrected chi connectivity index (χ1v) is 5.56. The Morgan fingerprint density at radius 2 is 2.28 bits per heavy atom. The molecule has 0 radical (unpaired) electrons. The van der Waals surface area contributed by atoms with Crippen molar-refractivity contribution < 1.29 is 9.66 Å². The van der Waals surface area contributed by atoms with E-state index in [-0.39, 0.29) is 11.3 Å². The molecule has 0 saturated carbocycles. The third-order valence-corrected chi connectivity index (χ3v) is 2.61. The number of nitro groups is 1. The van der Waals surface area contributed by atoms with Crippen LogP contribution < -0.4 is 4.90 Å². The number of nitriles is 1. The van der Waals surface area contributed by atoms with Gasteiger partial charge in [0, 0.05) is 32.0 Å². The third-order valence-electron chi connectivity index (χ3n) is 2.61. The topological polar surface area (TPSA) is 79.4 Å². The van der Waals surface area contributed by atoms with Gasteiger partial charge in [0.25, 0.3) is 5.69 Å². The fraction of sp³-hybridized carbons (Fsp3) is 0.417. The molecule has 18 heavy (non-hydrogen) atoms. The summed E-state index contributed by atoms with van der Waals surface area (Å²) in [4.78, 5) is 12.2. The molecule has 0 amide bonds. The second kappa shape index (κ2) is 6.57. The average molecular weight is 249 g/mol. The highest BCUT2D eigenvalue weighted by molar-refractivity contribution is 5.59. The van der Waals surface area contributed by atoms with E-state index >= 15 is 0 Å². The SMILES string of the molecule is CCN(CCOC)c1ccc([N+](=O)[O-])c(C#N)c1. The average Bonchev–Trinajstić information content (AvgIpc) is 2.39. The lowest BCUT2D eigenvalue weighted by Crippen LogP contribution is -2.26. The fourth-order valence-corrected chi connectivity index (χ4v) is 1.64. The van der Waals surface area contributed by atoms with Crippen LogP contribution in [0.15, 0.2) is 18.2 Å². The molecule has 0 aromatic heterocycles. The van der Waals surface area contributed by atoms with Gasteiger partial charge in [-0.3, -0.25) is 10.1 Å². The van der Waals surface area contributed by atoms with Crippen LogP contribution in [-0.4, -0.2) is 31.7 Å². The van der Waals surface area contributed by atoms with Crippen molar-refractivity contribution in [1.29, 1.82) is 5.26 Å². The van der Waals surface area contributed by atoms with E-state index in [4.69, 9.17) is 10.00 Å². The Bertz CT molecular complexity index is 468. The van der Waals surface area contributed by atoms with E-state index in [1.165, 1.54) is 12.1 Å². The van der Waals surface area contributed by atoms with Gasteiger partial charge in [-0.1, -0.05) is 0 Å². The van der Waals surface area contributed by atoms with Gasteiger partial charge < -0.3 is 9.64 Å². The molecular weight excluding hydrogens is 234 g/mol. The molecule has 6 heteroatoms. The maximum atomic E-state index is 10.7. The summed E-state index contributed by atoms with van der Waals surface area (Å²) in [5.41, 5.74) is 0.703. The summed E-state index contributed by atoms with van der Waals surface area (Å²) in [5, 5.41) is 19.6. The van der Waals surface area contributed by atoms with E-state index in [0.29, 0.717) is 13.2 Å². The number of hydrogen-bond acceptors (Lipinski definition) is 5. The van der Waals surface area contributed by atoms with Gasteiger partial charge in [0.2, 0.25) is 0 Å². The largest absolute Gasteiger partial charge is 0.383 e. The lowest BCUT2D eigenvalue weighted by atomic mass is 10.1. The zero-order chi connectivity index (χ0) is 13.5. The molecular formula is C12H15N3O3. The van der Waals surface area contributed by atoms with Gasteiger partial charge in [-0.15, -0.1) is 0 Å². The number of hydrogen-bond donors (Lipinski definition) is 0. The van der Waals surface area contributed by atoms with Crippen LogP contribution in [0.3, 0.4) is 0 Å². The standard InChI is InChI=1S/C12H15N3O3/c1-3-14(6-7-18-2)11-4-5-12(15(16)17)10(8-11)9-13/h4-5,8H,3,6-7H2,1-2H3. The van der Waals surface area contributed by atoms with Crippen molar-refractivity contribution in [2.75, 3.05) is 31.7 Å². The van der Waals surface area contributed by atoms with E-state index in [1.54, 1.807) is 13.2 Å². The molecule has 0 spiro atoms. The first-order valence-electron chi connectivity index (χ1n) is 5.56. The number of ether oxygens (including phenoxy) is 1. The molecule has 0 N–H and O–H groups in total. The molecule has 1 rings (SSSR count). The fourth-order valence-electron chi connectivity index (χ4n) is 1.64. The first-order chi connectivity index (χ1) is 8.63. The van der Waals surface area contributed by atoms with Crippen LogP contribution >= 0.6 is 0 Å². The molecule has 0 saturated heterocycles. The van der Waals surface area contributed by atoms with Gasteiger partial charge >= 0.3 is 0 Å². The van der Waals surface area contributed by atoms with Crippen LogP contribution in [0.1, 0.15) is 12.5 Å². The van der Waals surface area contributed by atoms with E-state index in [1.807, 2.05) is 17.9 Å². The number of likely N-dealkylation sites (N-methyl/N-ethyl adjacent to an activating group) is 1. The zero-order valence-electron chi connectivity index (χ0n) is 10.4. The van der Waals surface area contributed by atoms with E-state index < -0.39 is 4.92 Å². The number of benzene rings is 1. The van der Waals surface area contributed by atoms with Crippen LogP contribution in [0.25, 0.3) is 0 Å². The van der Waals surface area contributed by atoms with Crippen molar-refractivity contribution in [2.45, 2.75) is 6.92 Å². The van der Waals surface area contributed by atoms with Gasteiger partial charge in [-0.2, -0.15) is 5.26 Å². The van der Waals surface area contributed by atoms with Crippen molar-refractivity contribution in [3.05, 3.63) is 33.9 Å². The lowest BCUT2D eigenvalue weighted by Gasteiger charge is -2.22. The quantitative estimate of drug-likeness (QED) is 0.568. The Balaban J connectivity index is 3.04. The molecule has 0 atom stereocenters. The summed E-state index contributed by atoms with van der Waals surface area (Å²) in [6, 6.07) is 6.41. The predicted molar refractivity (Wildman–Crippen MR) is 67.6 cm³/mol. The minimum absolute atomic E-state index is 0.0772. The van der Waals surface area contributed by atoms with E-state index in [9.17, 15) is 10.1 Å². The highest BCUT2D eigenvalue weighted by atomic mass is 16.6. The Morgan fingerprint density at radius 1 is 1.56 bits per heavy atom. The van der Waals surface area contributed by atoms with Crippen molar-refractivity contribution in [1.82, 2.24) is 0 Å². The maximum Gasteiger partial charge on any atom is 0.287 e. The minimum Gasteiger partial charge on any atom is -0.383 e. The van der Waals surface area contributed by atoms with E-state index in [2.05, 4.69) is 0 Å². The van der Waals surface area contributed by atoms with Gasteiger partial charge in [-0.25, -0.2) is 0 Å². The highest BCUT2D eigenvalue weighted by Gasteiger charge is 2.15. The van der Waals surface area contributed by atoms with Crippen LogP contribution in [-0.2, 0) is 4.74 Å². The summed E-state index contributed by atoms with van der Waals surface area (Å²) in [6.45, 7) is 3.96. The van der Waals surface area contributed by atoms with Crippen LogP contribution in [0.4, 0.5) is 11.4 Å². The zero-order valence-corrected chi connectivity index (χ0v) is 10.4. The Hall–Kier alpha value is -2.13. The first kappa shape index (κ1) is 13.9. The Morgan fingerprint density at radius 3 is 2.78 bits per heavy atom. The maximum absolute atomic E-state index is 10.7. The summed E-state index contributed by atoms with van der Waals surface area (Å²) in [6.07, 6.45) is 0. The van der Waals surface area contributed by atoms with Gasteiger partial charge in [0.05, 0.1) is 11.5 Å². The predicted octanol–water partition coefficient (Wildman–Crippen LogP) is 1.94. The van der Waals surface area contributed by atoms with Crippen molar-refractivity contribution in [2.24, 2.45) is 0 Å². The molecule has 0 fully saturated rings. The molecule has 1 aromatic rings. The second-order valence-electron chi connectivity index (χ2n) is 3.64. The minimum atomic E-state index is -0.548. The molecule has 0 bridgehead atoms. The Labute approximate surface area is 106 Å². The smallest absolute Gasteiger partial charge is 0.287 e. The molecule has 0 aliphatic carbocycles. The molecule has 1 aromatic carbocycles. The highest BCUT2D eigenvalue weighted by Crippen LogP contribution is 2.24. The number of nitrogens with zero attached hydrogens (tertiary/aromatic N) is 3. The number of anilines is 1. The van der Waals surface area contributed by atoms with Crippen LogP contribution in [0.2, 0.25) is 0 Å². The summed E-state index contributed by atoms with van der Waals surface area (Å²) in [7, 11) is 1.62. The number of nitro benzene ring substituents is 1. The summed E-state index contributed by atoms with van der Waals surface area (Å²) < 4.78 is 5.00. The van der Waals surface area contributed by atoms with Crippen molar-refractivity contribution >= 4 is 11.4 Å². The molecule has 96 valence electrons. The lowest BCUT2D eigenvalue weighted by molar-refractivity contribution is -0.385. The number of methoxy groups -OCH3 is 1. The van der Waals surface area contributed by atoms with Gasteiger partial charge in [0.1, 0.15) is 11.6 Å². The molecule has 0 unspecified atom stereocenters. The van der Waals surface area contributed by atoms with Crippen molar-refractivity contribution in [3.8, 4) is 6.07 Å². The molecule has 0 aliphatic heterocycles. The monoisotopic (exact) mass is 249 g/mol. The Kier molecular flexibility index (Phi) is 5.08. The summed E-state index contributed by atoms with van der Waals surface area (Å²) >= 11 is 0. The van der Waals surface area contributed by atoms with Gasteiger partial charge in [-0.05, 0) is 19.1 Å². The van der Waals surface area contributed by atoms with Crippen molar-refractivity contribution in [3.63, 3.8) is 0 Å². The van der Waals surface area contributed by atoms with Crippen LogP contribution in [0.5, 0.6) is 0 Å². The summed E-state index contributed by atoms with van der Waals surface area (Å²) in [5.74, 6) is 0. The normalized spacial score (nSPS) is 9.83. The molecule has 0 aliphatic rings. The van der Waals surface area contributed by atoms with E-state index in [0.717, 1.165) is 12.2 Å². The molecule has 6 nitrogen and oxygen atoms in total. The second-order valence-corrected chi connectivity index (χ2v) is 3.64. The van der Waals surface area contributed by atoms with Gasteiger partial charge in [0.15, 0.2) is 0 Å². The molecule has 0 heterocycles. The third kappa shape index (κ3) is 3.18.